The number of aliphatic hydroxyl groups is 1. The third-order valence-electron chi connectivity index (χ3n) is 4.22. The van der Waals surface area contributed by atoms with Gasteiger partial charge in [-0.1, -0.05) is 12.8 Å². The van der Waals surface area contributed by atoms with Crippen molar-refractivity contribution in [2.75, 3.05) is 6.54 Å². The van der Waals surface area contributed by atoms with Crippen molar-refractivity contribution >= 4 is 0 Å². The van der Waals surface area contributed by atoms with Gasteiger partial charge in [-0.15, -0.1) is 0 Å². The molecule has 0 saturated heterocycles. The minimum atomic E-state index is -4.14. The van der Waals surface area contributed by atoms with Crippen LogP contribution in [-0.2, 0) is 0 Å². The third kappa shape index (κ3) is 3.58. The molecule has 1 aliphatic carbocycles. The molecule has 1 fully saturated rings. The van der Waals surface area contributed by atoms with Crippen LogP contribution in [0.2, 0.25) is 0 Å². The van der Waals surface area contributed by atoms with E-state index in [-0.39, 0.29) is 18.3 Å². The first-order valence-corrected chi connectivity index (χ1v) is 6.22. The summed E-state index contributed by atoms with van der Waals surface area (Å²) >= 11 is 0. The summed E-state index contributed by atoms with van der Waals surface area (Å²) in [4.78, 5) is 0. The summed E-state index contributed by atoms with van der Waals surface area (Å²) in [5.41, 5.74) is 4.27. The molecule has 0 aromatic heterocycles. The van der Waals surface area contributed by atoms with E-state index in [0.29, 0.717) is 6.54 Å². The van der Waals surface area contributed by atoms with E-state index in [2.05, 4.69) is 0 Å². The van der Waals surface area contributed by atoms with Gasteiger partial charge in [-0.3, -0.25) is 0 Å². The Hall–Kier alpha value is -0.290. The van der Waals surface area contributed by atoms with Crippen molar-refractivity contribution in [2.24, 2.45) is 11.1 Å². The van der Waals surface area contributed by atoms with Crippen LogP contribution in [0, 0.1) is 5.41 Å². The van der Waals surface area contributed by atoms with Crippen molar-refractivity contribution in [1.29, 1.82) is 0 Å². The molecule has 1 aliphatic rings. The minimum absolute atomic E-state index is 0.0295. The highest BCUT2D eigenvalue weighted by atomic mass is 19.4. The van der Waals surface area contributed by atoms with Crippen molar-refractivity contribution in [2.45, 2.75) is 63.6 Å². The zero-order valence-corrected chi connectivity index (χ0v) is 10.3. The predicted molar refractivity (Wildman–Crippen MR) is 60.5 cm³/mol. The molecule has 0 amide bonds. The highest BCUT2D eigenvalue weighted by molar-refractivity contribution is 4.99. The first-order chi connectivity index (χ1) is 7.72. The van der Waals surface area contributed by atoms with Gasteiger partial charge in [-0.05, 0) is 32.6 Å². The Balaban J connectivity index is 2.54. The van der Waals surface area contributed by atoms with E-state index in [1.165, 1.54) is 0 Å². The van der Waals surface area contributed by atoms with E-state index >= 15 is 0 Å². The molecule has 2 nitrogen and oxygen atoms in total. The highest BCUT2D eigenvalue weighted by Crippen LogP contribution is 2.48. The van der Waals surface area contributed by atoms with Crippen LogP contribution >= 0.6 is 0 Å². The van der Waals surface area contributed by atoms with Crippen LogP contribution in [0.25, 0.3) is 0 Å². The Labute approximate surface area is 100 Å². The molecule has 1 atom stereocenters. The van der Waals surface area contributed by atoms with Crippen molar-refractivity contribution in [3.63, 3.8) is 0 Å². The summed E-state index contributed by atoms with van der Waals surface area (Å²) in [7, 11) is 0. The monoisotopic (exact) mass is 253 g/mol. The fourth-order valence-corrected chi connectivity index (χ4v) is 2.91. The molecule has 17 heavy (non-hydrogen) atoms. The molecular weight excluding hydrogens is 231 g/mol. The molecule has 0 bridgehead atoms. The zero-order valence-electron chi connectivity index (χ0n) is 10.3. The maximum atomic E-state index is 12.1. The smallest absolute Gasteiger partial charge is 0.389 e. The first kappa shape index (κ1) is 14.8. The van der Waals surface area contributed by atoms with Crippen LogP contribution in [0.15, 0.2) is 0 Å². The molecule has 1 saturated carbocycles. The Kier molecular flexibility index (Phi) is 4.47. The number of rotatable bonds is 5. The van der Waals surface area contributed by atoms with E-state index in [0.717, 1.165) is 25.7 Å². The van der Waals surface area contributed by atoms with Crippen molar-refractivity contribution in [3.8, 4) is 0 Å². The van der Waals surface area contributed by atoms with Crippen LogP contribution in [-0.4, -0.2) is 23.4 Å². The highest BCUT2D eigenvalue weighted by Gasteiger charge is 2.47. The Morgan fingerprint density at radius 1 is 1.18 bits per heavy atom. The summed E-state index contributed by atoms with van der Waals surface area (Å²) in [6.45, 7) is 1.99. The van der Waals surface area contributed by atoms with Gasteiger partial charge < -0.3 is 10.8 Å². The van der Waals surface area contributed by atoms with Crippen molar-refractivity contribution in [1.82, 2.24) is 0 Å². The number of nitrogens with two attached hydrogens (primary N) is 1. The number of hydrogen-bond donors (Lipinski definition) is 2. The molecule has 0 heterocycles. The molecule has 0 aliphatic heterocycles. The SMILES string of the molecule is CC(O)(CCCC(F)(F)F)C1(CN)CCCC1. The van der Waals surface area contributed by atoms with Crippen LogP contribution in [0.5, 0.6) is 0 Å². The third-order valence-corrected chi connectivity index (χ3v) is 4.22. The molecule has 3 N–H and O–H groups in total. The summed E-state index contributed by atoms with van der Waals surface area (Å²) in [5, 5.41) is 10.4. The molecule has 0 aromatic rings. The average Bonchev–Trinajstić information content (AvgIpc) is 2.64. The quantitative estimate of drug-likeness (QED) is 0.791. The van der Waals surface area contributed by atoms with Crippen LogP contribution in [0.3, 0.4) is 0 Å². The zero-order chi connectivity index (χ0) is 13.2. The number of alkyl halides is 3. The lowest BCUT2D eigenvalue weighted by molar-refractivity contribution is -0.141. The van der Waals surface area contributed by atoms with Gasteiger partial charge in [-0.25, -0.2) is 0 Å². The predicted octanol–water partition coefficient (Wildman–Crippen LogP) is 2.99. The van der Waals surface area contributed by atoms with Gasteiger partial charge in [0.15, 0.2) is 0 Å². The van der Waals surface area contributed by atoms with E-state index in [4.69, 9.17) is 5.73 Å². The molecule has 0 radical (unpaired) electrons. The average molecular weight is 253 g/mol. The molecule has 1 rings (SSSR count). The lowest BCUT2D eigenvalue weighted by Gasteiger charge is -2.42. The maximum Gasteiger partial charge on any atom is 0.389 e. The van der Waals surface area contributed by atoms with Crippen molar-refractivity contribution < 1.29 is 18.3 Å². The summed E-state index contributed by atoms with van der Waals surface area (Å²) in [5.74, 6) is 0. The van der Waals surface area contributed by atoms with Crippen LogP contribution in [0.4, 0.5) is 13.2 Å². The van der Waals surface area contributed by atoms with Gasteiger partial charge in [0, 0.05) is 18.4 Å². The topological polar surface area (TPSA) is 46.2 Å². The summed E-state index contributed by atoms with van der Waals surface area (Å²) in [6, 6.07) is 0. The first-order valence-electron chi connectivity index (χ1n) is 6.22. The normalized spacial score (nSPS) is 23.6. The van der Waals surface area contributed by atoms with Gasteiger partial charge in [0.05, 0.1) is 5.60 Å². The molecule has 5 heteroatoms. The fraction of sp³-hybridized carbons (Fsp3) is 1.00. The minimum Gasteiger partial charge on any atom is -0.390 e. The van der Waals surface area contributed by atoms with Crippen molar-refractivity contribution in [3.05, 3.63) is 0 Å². The summed E-state index contributed by atoms with van der Waals surface area (Å²) < 4.78 is 36.2. The van der Waals surface area contributed by atoms with Gasteiger partial charge in [0.2, 0.25) is 0 Å². The lowest BCUT2D eigenvalue weighted by atomic mass is 9.69. The van der Waals surface area contributed by atoms with E-state index in [1.807, 2.05) is 0 Å². The fourth-order valence-electron chi connectivity index (χ4n) is 2.91. The molecule has 1 unspecified atom stereocenters. The van der Waals surface area contributed by atoms with Gasteiger partial charge >= 0.3 is 6.18 Å². The Bertz CT molecular complexity index is 245. The van der Waals surface area contributed by atoms with Gasteiger partial charge in [-0.2, -0.15) is 13.2 Å². The van der Waals surface area contributed by atoms with E-state index < -0.39 is 18.2 Å². The van der Waals surface area contributed by atoms with E-state index in [1.54, 1.807) is 6.92 Å². The lowest BCUT2D eigenvalue weighted by Crippen LogP contribution is -2.49. The second-order valence-electron chi connectivity index (χ2n) is 5.43. The standard InChI is InChI=1S/C12H22F3NO/c1-10(17,5-4-8-12(13,14)15)11(9-16)6-2-3-7-11/h17H,2-9,16H2,1H3. The molecule has 102 valence electrons. The van der Waals surface area contributed by atoms with Gasteiger partial charge in [0.25, 0.3) is 0 Å². The molecule has 0 spiro atoms. The van der Waals surface area contributed by atoms with Crippen LogP contribution < -0.4 is 5.73 Å². The largest absolute Gasteiger partial charge is 0.390 e. The Morgan fingerprint density at radius 2 is 1.71 bits per heavy atom. The molecular formula is C12H22F3NO. The van der Waals surface area contributed by atoms with Crippen LogP contribution in [0.1, 0.15) is 51.9 Å². The second kappa shape index (κ2) is 5.14. The maximum absolute atomic E-state index is 12.1. The second-order valence-corrected chi connectivity index (χ2v) is 5.43. The Morgan fingerprint density at radius 3 is 2.12 bits per heavy atom. The van der Waals surface area contributed by atoms with Gasteiger partial charge in [0.1, 0.15) is 0 Å². The molecule has 0 aromatic carbocycles. The summed E-state index contributed by atoms with van der Waals surface area (Å²) in [6.07, 6.45) is -1.17. The number of hydrogen-bond acceptors (Lipinski definition) is 2. The number of halogens is 3. The van der Waals surface area contributed by atoms with E-state index in [9.17, 15) is 18.3 Å².